The molecular weight excluding hydrogens is 382 g/mol. The minimum atomic E-state index is 0.598. The number of aromatic amines is 1. The third kappa shape index (κ3) is 4.93. The van der Waals surface area contributed by atoms with Crippen LogP contribution in [0.2, 0.25) is 0 Å². The molecule has 0 bridgehead atoms. The van der Waals surface area contributed by atoms with E-state index in [4.69, 9.17) is 17.0 Å². The number of nitrogens with one attached hydrogen (secondary N) is 1. The van der Waals surface area contributed by atoms with Crippen molar-refractivity contribution in [2.24, 2.45) is 0 Å². The Morgan fingerprint density at radius 2 is 1.62 bits per heavy atom. The molecule has 1 aliphatic heterocycles. The highest BCUT2D eigenvalue weighted by Gasteiger charge is 2.18. The van der Waals surface area contributed by atoms with E-state index >= 15 is 0 Å². The molecule has 4 rings (SSSR count). The summed E-state index contributed by atoms with van der Waals surface area (Å²) in [5.41, 5.74) is 3.61. The fourth-order valence-corrected chi connectivity index (χ4v) is 3.77. The number of H-pyrrole nitrogens is 1. The quantitative estimate of drug-likeness (QED) is 0.629. The van der Waals surface area contributed by atoms with Crippen LogP contribution < -0.4 is 4.74 Å². The maximum atomic E-state index is 5.47. The fourth-order valence-electron chi connectivity index (χ4n) is 3.57. The van der Waals surface area contributed by atoms with Gasteiger partial charge >= 0.3 is 0 Å². The average Bonchev–Trinajstić information content (AvgIpc) is 3.11. The van der Waals surface area contributed by atoms with Gasteiger partial charge in [-0.2, -0.15) is 4.98 Å². The van der Waals surface area contributed by atoms with Gasteiger partial charge in [0.05, 0.1) is 13.8 Å². The Hall–Kier alpha value is -2.48. The molecule has 1 N–H and O–H groups in total. The molecule has 2 heterocycles. The lowest BCUT2D eigenvalue weighted by Crippen LogP contribution is -2.46. The number of piperazine rings is 1. The zero-order chi connectivity index (χ0) is 20.2. The first kappa shape index (κ1) is 19.8. The van der Waals surface area contributed by atoms with Crippen molar-refractivity contribution in [1.29, 1.82) is 0 Å². The van der Waals surface area contributed by atoms with Crippen molar-refractivity contribution in [3.05, 3.63) is 64.4 Å². The zero-order valence-corrected chi connectivity index (χ0v) is 17.8. The molecular formula is C22H27N5OS. The van der Waals surface area contributed by atoms with Crippen molar-refractivity contribution in [2.75, 3.05) is 33.3 Å². The van der Waals surface area contributed by atoms with Gasteiger partial charge in [-0.3, -0.25) is 14.9 Å². The van der Waals surface area contributed by atoms with E-state index in [-0.39, 0.29) is 0 Å². The second kappa shape index (κ2) is 8.90. The predicted molar refractivity (Wildman–Crippen MR) is 117 cm³/mol. The Labute approximate surface area is 176 Å². The second-order valence-corrected chi connectivity index (χ2v) is 7.90. The molecule has 1 saturated heterocycles. The van der Waals surface area contributed by atoms with E-state index < -0.39 is 0 Å². The minimum absolute atomic E-state index is 0.598. The van der Waals surface area contributed by atoms with Gasteiger partial charge in [-0.05, 0) is 36.8 Å². The van der Waals surface area contributed by atoms with Gasteiger partial charge in [-0.1, -0.05) is 42.0 Å². The lowest BCUT2D eigenvalue weighted by molar-refractivity contribution is 0.0982. The molecule has 6 nitrogen and oxygen atoms in total. The van der Waals surface area contributed by atoms with E-state index in [1.807, 2.05) is 16.8 Å². The van der Waals surface area contributed by atoms with Crippen LogP contribution in [0.15, 0.2) is 48.5 Å². The summed E-state index contributed by atoms with van der Waals surface area (Å²) in [6.07, 6.45) is 0. The Morgan fingerprint density at radius 3 is 2.28 bits per heavy atom. The van der Waals surface area contributed by atoms with Gasteiger partial charge in [0.2, 0.25) is 4.77 Å². The van der Waals surface area contributed by atoms with Crippen LogP contribution in [0.4, 0.5) is 0 Å². The van der Waals surface area contributed by atoms with E-state index in [1.165, 1.54) is 11.1 Å². The highest BCUT2D eigenvalue weighted by Crippen LogP contribution is 2.17. The van der Waals surface area contributed by atoms with E-state index in [9.17, 15) is 0 Å². The number of rotatable bonds is 6. The summed E-state index contributed by atoms with van der Waals surface area (Å²) in [5.74, 6) is 1.73. The SMILES string of the molecule is COc1ccc(CN2CCN(Cn3[nH]c(-c4ccc(C)cc4)nc3=S)CC2)cc1. The third-order valence-electron chi connectivity index (χ3n) is 5.38. The van der Waals surface area contributed by atoms with Gasteiger partial charge < -0.3 is 4.74 Å². The predicted octanol–water partition coefficient (Wildman–Crippen LogP) is 3.70. The smallest absolute Gasteiger partial charge is 0.217 e. The highest BCUT2D eigenvalue weighted by atomic mass is 32.1. The summed E-state index contributed by atoms with van der Waals surface area (Å²) in [6, 6.07) is 16.7. The third-order valence-corrected chi connectivity index (χ3v) is 5.69. The first-order chi connectivity index (χ1) is 14.1. The molecule has 0 radical (unpaired) electrons. The molecule has 1 fully saturated rings. The maximum absolute atomic E-state index is 5.47. The van der Waals surface area contributed by atoms with Crippen LogP contribution in [-0.2, 0) is 13.2 Å². The van der Waals surface area contributed by atoms with Crippen LogP contribution in [0.5, 0.6) is 5.75 Å². The molecule has 3 aromatic rings. The standard InChI is InChI=1S/C22H27N5OS/c1-17-3-7-19(8-4-17)21-23-22(29)27(24-21)16-26-13-11-25(12-14-26)15-18-5-9-20(28-2)10-6-18/h3-10H,11-16H2,1-2H3,(H,23,24,29). The number of hydrogen-bond donors (Lipinski definition) is 1. The van der Waals surface area contributed by atoms with E-state index in [0.717, 1.165) is 56.5 Å². The van der Waals surface area contributed by atoms with E-state index in [1.54, 1.807) is 7.11 Å². The Kier molecular flexibility index (Phi) is 6.08. The fraction of sp³-hybridized carbons (Fsp3) is 0.364. The van der Waals surface area contributed by atoms with Gasteiger partial charge in [-0.15, -0.1) is 0 Å². The molecule has 1 aromatic heterocycles. The van der Waals surface area contributed by atoms with Gasteiger partial charge in [0.1, 0.15) is 5.75 Å². The van der Waals surface area contributed by atoms with Crippen LogP contribution in [-0.4, -0.2) is 57.9 Å². The van der Waals surface area contributed by atoms with Gasteiger partial charge in [0, 0.05) is 38.3 Å². The molecule has 0 aliphatic carbocycles. The summed E-state index contributed by atoms with van der Waals surface area (Å²) in [5, 5.41) is 3.36. The van der Waals surface area contributed by atoms with Crippen LogP contribution in [0.3, 0.4) is 0 Å². The molecule has 0 saturated carbocycles. The zero-order valence-electron chi connectivity index (χ0n) is 17.0. The van der Waals surface area contributed by atoms with Gasteiger partial charge in [0.15, 0.2) is 5.82 Å². The Balaban J connectivity index is 1.32. The van der Waals surface area contributed by atoms with Crippen molar-refractivity contribution in [2.45, 2.75) is 20.1 Å². The summed E-state index contributed by atoms with van der Waals surface area (Å²) < 4.78 is 7.80. The average molecular weight is 410 g/mol. The first-order valence-corrected chi connectivity index (χ1v) is 10.3. The minimum Gasteiger partial charge on any atom is -0.497 e. The molecule has 29 heavy (non-hydrogen) atoms. The maximum Gasteiger partial charge on any atom is 0.217 e. The van der Waals surface area contributed by atoms with Crippen molar-refractivity contribution in [3.8, 4) is 17.1 Å². The van der Waals surface area contributed by atoms with Crippen molar-refractivity contribution in [3.63, 3.8) is 0 Å². The Morgan fingerprint density at radius 1 is 0.966 bits per heavy atom. The van der Waals surface area contributed by atoms with Crippen molar-refractivity contribution in [1.82, 2.24) is 24.6 Å². The molecule has 2 aromatic carbocycles. The second-order valence-electron chi connectivity index (χ2n) is 7.53. The summed E-state index contributed by atoms with van der Waals surface area (Å²) in [6.45, 7) is 7.90. The highest BCUT2D eigenvalue weighted by molar-refractivity contribution is 7.71. The largest absolute Gasteiger partial charge is 0.497 e. The van der Waals surface area contributed by atoms with Crippen LogP contribution in [0, 0.1) is 11.7 Å². The molecule has 1 aliphatic rings. The lowest BCUT2D eigenvalue weighted by Gasteiger charge is -2.34. The number of nitrogens with zero attached hydrogens (tertiary/aromatic N) is 4. The topological polar surface area (TPSA) is 49.3 Å². The number of methoxy groups -OCH3 is 1. The first-order valence-electron chi connectivity index (χ1n) is 9.92. The summed E-state index contributed by atoms with van der Waals surface area (Å²) in [4.78, 5) is 9.44. The Bertz CT molecular complexity index is 985. The number of hydrogen-bond acceptors (Lipinski definition) is 5. The number of aryl methyl sites for hydroxylation is 1. The summed E-state index contributed by atoms with van der Waals surface area (Å²) in [7, 11) is 1.70. The van der Waals surface area contributed by atoms with Crippen LogP contribution in [0.1, 0.15) is 11.1 Å². The molecule has 0 amide bonds. The number of benzene rings is 2. The van der Waals surface area contributed by atoms with E-state index in [2.05, 4.69) is 63.2 Å². The number of ether oxygens (including phenoxy) is 1. The normalized spacial score (nSPS) is 15.5. The molecule has 7 heteroatoms. The van der Waals surface area contributed by atoms with Crippen molar-refractivity contribution < 1.29 is 4.74 Å². The van der Waals surface area contributed by atoms with Gasteiger partial charge in [-0.25, -0.2) is 4.68 Å². The van der Waals surface area contributed by atoms with Crippen LogP contribution >= 0.6 is 12.2 Å². The van der Waals surface area contributed by atoms with E-state index in [0.29, 0.717) is 4.77 Å². The van der Waals surface area contributed by atoms with Gasteiger partial charge in [0.25, 0.3) is 0 Å². The molecule has 0 unspecified atom stereocenters. The molecule has 0 spiro atoms. The molecule has 0 atom stereocenters. The van der Waals surface area contributed by atoms with Crippen LogP contribution in [0.25, 0.3) is 11.4 Å². The summed E-state index contributed by atoms with van der Waals surface area (Å²) >= 11 is 5.47. The molecule has 152 valence electrons. The monoisotopic (exact) mass is 409 g/mol. The van der Waals surface area contributed by atoms with Crippen molar-refractivity contribution >= 4 is 12.2 Å². The lowest BCUT2D eigenvalue weighted by atomic mass is 10.1. The number of aromatic nitrogens is 3.